The van der Waals surface area contributed by atoms with Gasteiger partial charge in [-0.05, 0) is 38.8 Å². The number of aliphatic imine (C=N–C) groups is 3. The highest BCUT2D eigenvalue weighted by molar-refractivity contribution is 5.90. The Hall–Kier alpha value is -1.23. The quantitative estimate of drug-likeness (QED) is 0.774. The maximum atomic E-state index is 4.76. The van der Waals surface area contributed by atoms with Gasteiger partial charge in [0.2, 0.25) is 5.96 Å². The fourth-order valence-electron chi connectivity index (χ4n) is 3.38. The SMILES string of the molecule is CC(C)N1CCN(C2=NCC(C3CC=NCC3)C=N2)CC1. The summed E-state index contributed by atoms with van der Waals surface area (Å²) in [6.45, 7) is 10.8. The highest BCUT2D eigenvalue weighted by Gasteiger charge is 2.26. The summed E-state index contributed by atoms with van der Waals surface area (Å²) in [5, 5.41) is 0. The summed E-state index contributed by atoms with van der Waals surface area (Å²) in [7, 11) is 0. The second-order valence-corrected chi connectivity index (χ2v) is 6.57. The zero-order valence-corrected chi connectivity index (χ0v) is 13.3. The Labute approximate surface area is 127 Å². The van der Waals surface area contributed by atoms with Gasteiger partial charge in [-0.25, -0.2) is 4.99 Å². The Morgan fingerprint density at radius 1 is 1.19 bits per heavy atom. The van der Waals surface area contributed by atoms with Crippen LogP contribution in [0.25, 0.3) is 0 Å². The van der Waals surface area contributed by atoms with Crippen LogP contribution in [0, 0.1) is 11.8 Å². The van der Waals surface area contributed by atoms with E-state index >= 15 is 0 Å². The number of guanidine groups is 1. The van der Waals surface area contributed by atoms with Crippen molar-refractivity contribution in [2.45, 2.75) is 32.7 Å². The van der Waals surface area contributed by atoms with Crippen molar-refractivity contribution in [1.29, 1.82) is 0 Å². The summed E-state index contributed by atoms with van der Waals surface area (Å²) in [5.41, 5.74) is 0. The number of nitrogens with zero attached hydrogens (tertiary/aromatic N) is 5. The van der Waals surface area contributed by atoms with E-state index in [1.165, 1.54) is 6.42 Å². The van der Waals surface area contributed by atoms with Gasteiger partial charge >= 0.3 is 0 Å². The van der Waals surface area contributed by atoms with Crippen molar-refractivity contribution < 1.29 is 0 Å². The second-order valence-electron chi connectivity index (χ2n) is 6.57. The molecule has 116 valence electrons. The van der Waals surface area contributed by atoms with Crippen LogP contribution < -0.4 is 0 Å². The van der Waals surface area contributed by atoms with Crippen molar-refractivity contribution >= 4 is 18.4 Å². The number of hydrogen-bond acceptors (Lipinski definition) is 5. The molecule has 5 nitrogen and oxygen atoms in total. The molecule has 0 aromatic rings. The van der Waals surface area contributed by atoms with Crippen LogP contribution in [0.1, 0.15) is 26.7 Å². The molecule has 0 aliphatic carbocycles. The molecule has 5 heteroatoms. The molecule has 0 spiro atoms. The third-order valence-electron chi connectivity index (χ3n) is 4.92. The van der Waals surface area contributed by atoms with Crippen LogP contribution in [0.2, 0.25) is 0 Å². The standard InChI is InChI=1S/C16H27N5/c1-13(2)20-7-9-21(10-8-20)16-18-11-15(12-19-16)14-3-5-17-6-4-14/h5,11,13-15H,3-4,6-10,12H2,1-2H3. The van der Waals surface area contributed by atoms with Crippen molar-refractivity contribution in [2.24, 2.45) is 26.8 Å². The fourth-order valence-corrected chi connectivity index (χ4v) is 3.38. The average molecular weight is 289 g/mol. The molecule has 0 amide bonds. The maximum absolute atomic E-state index is 4.76. The van der Waals surface area contributed by atoms with Crippen LogP contribution >= 0.6 is 0 Å². The molecule has 3 aliphatic heterocycles. The van der Waals surface area contributed by atoms with E-state index in [9.17, 15) is 0 Å². The van der Waals surface area contributed by atoms with Gasteiger partial charge in [-0.15, -0.1) is 0 Å². The third-order valence-corrected chi connectivity index (χ3v) is 4.92. The highest BCUT2D eigenvalue weighted by Crippen LogP contribution is 2.23. The normalized spacial score (nSPS) is 30.8. The van der Waals surface area contributed by atoms with Crippen LogP contribution in [-0.2, 0) is 0 Å². The highest BCUT2D eigenvalue weighted by atomic mass is 15.3. The summed E-state index contributed by atoms with van der Waals surface area (Å²) in [4.78, 5) is 18.6. The van der Waals surface area contributed by atoms with Gasteiger partial charge in [0, 0.05) is 50.9 Å². The van der Waals surface area contributed by atoms with Crippen molar-refractivity contribution in [2.75, 3.05) is 39.3 Å². The molecule has 2 atom stereocenters. The van der Waals surface area contributed by atoms with Crippen molar-refractivity contribution in [3.63, 3.8) is 0 Å². The molecule has 0 radical (unpaired) electrons. The summed E-state index contributed by atoms with van der Waals surface area (Å²) in [5.74, 6) is 2.16. The molecular formula is C16H27N5. The lowest BCUT2D eigenvalue weighted by atomic mass is 9.86. The van der Waals surface area contributed by atoms with Gasteiger partial charge in [-0.2, -0.15) is 0 Å². The van der Waals surface area contributed by atoms with Gasteiger partial charge in [0.05, 0.1) is 6.54 Å². The van der Waals surface area contributed by atoms with E-state index in [4.69, 9.17) is 4.99 Å². The van der Waals surface area contributed by atoms with Gasteiger partial charge in [0.1, 0.15) is 0 Å². The Kier molecular flexibility index (Phi) is 4.68. The molecule has 3 aliphatic rings. The van der Waals surface area contributed by atoms with Crippen molar-refractivity contribution in [3.05, 3.63) is 0 Å². The van der Waals surface area contributed by atoms with Gasteiger partial charge in [0.25, 0.3) is 0 Å². The zero-order valence-electron chi connectivity index (χ0n) is 13.3. The van der Waals surface area contributed by atoms with Crippen LogP contribution in [-0.4, -0.2) is 73.5 Å². The van der Waals surface area contributed by atoms with Gasteiger partial charge in [-0.3, -0.25) is 14.9 Å². The minimum Gasteiger partial charge on any atom is -0.339 e. The van der Waals surface area contributed by atoms with E-state index in [1.54, 1.807) is 0 Å². The van der Waals surface area contributed by atoms with Crippen LogP contribution in [0.5, 0.6) is 0 Å². The number of piperazine rings is 1. The molecule has 0 aromatic carbocycles. The molecule has 3 heterocycles. The summed E-state index contributed by atoms with van der Waals surface area (Å²) in [6, 6.07) is 0.640. The fraction of sp³-hybridized carbons (Fsp3) is 0.812. The molecule has 0 saturated carbocycles. The Morgan fingerprint density at radius 2 is 2.00 bits per heavy atom. The average Bonchev–Trinajstić information content (AvgIpc) is 2.56. The lowest BCUT2D eigenvalue weighted by Crippen LogP contribution is -2.51. The molecule has 2 unspecified atom stereocenters. The maximum Gasteiger partial charge on any atom is 0.220 e. The molecular weight excluding hydrogens is 262 g/mol. The van der Waals surface area contributed by atoms with E-state index in [2.05, 4.69) is 46.1 Å². The minimum absolute atomic E-state index is 0.512. The Morgan fingerprint density at radius 3 is 2.57 bits per heavy atom. The lowest BCUT2D eigenvalue weighted by Gasteiger charge is -2.38. The predicted molar refractivity (Wildman–Crippen MR) is 88.6 cm³/mol. The molecule has 0 aromatic heterocycles. The molecule has 3 rings (SSSR count). The van der Waals surface area contributed by atoms with Crippen LogP contribution in [0.3, 0.4) is 0 Å². The Bertz CT molecular complexity index is 432. The van der Waals surface area contributed by atoms with Crippen LogP contribution in [0.15, 0.2) is 15.0 Å². The molecule has 21 heavy (non-hydrogen) atoms. The first-order valence-corrected chi connectivity index (χ1v) is 8.30. The molecule has 0 N–H and O–H groups in total. The monoisotopic (exact) mass is 289 g/mol. The van der Waals surface area contributed by atoms with Crippen molar-refractivity contribution in [1.82, 2.24) is 9.80 Å². The molecule has 0 bridgehead atoms. The van der Waals surface area contributed by atoms with E-state index in [0.29, 0.717) is 17.9 Å². The first kappa shape index (κ1) is 14.7. The number of rotatable bonds is 2. The van der Waals surface area contributed by atoms with E-state index < -0.39 is 0 Å². The van der Waals surface area contributed by atoms with Gasteiger partial charge in [0.15, 0.2) is 0 Å². The molecule has 1 saturated heterocycles. The lowest BCUT2D eigenvalue weighted by molar-refractivity contribution is 0.147. The smallest absolute Gasteiger partial charge is 0.220 e. The minimum atomic E-state index is 0.512. The van der Waals surface area contributed by atoms with E-state index in [-0.39, 0.29) is 0 Å². The Balaban J connectivity index is 1.52. The second kappa shape index (κ2) is 6.69. The zero-order chi connectivity index (χ0) is 14.7. The van der Waals surface area contributed by atoms with E-state index in [0.717, 1.165) is 51.6 Å². The summed E-state index contributed by atoms with van der Waals surface area (Å²) in [6.07, 6.45) is 6.51. The predicted octanol–water partition coefficient (Wildman–Crippen LogP) is 1.55. The topological polar surface area (TPSA) is 43.6 Å². The van der Waals surface area contributed by atoms with E-state index in [1.807, 2.05) is 0 Å². The molecule has 1 fully saturated rings. The summed E-state index contributed by atoms with van der Waals surface area (Å²) < 4.78 is 0. The number of hydrogen-bond donors (Lipinski definition) is 0. The van der Waals surface area contributed by atoms with Crippen molar-refractivity contribution in [3.8, 4) is 0 Å². The first-order chi connectivity index (χ1) is 10.2. The largest absolute Gasteiger partial charge is 0.339 e. The van der Waals surface area contributed by atoms with Gasteiger partial charge in [-0.1, -0.05) is 0 Å². The first-order valence-electron chi connectivity index (χ1n) is 8.30. The van der Waals surface area contributed by atoms with Crippen LogP contribution in [0.4, 0.5) is 0 Å². The third kappa shape index (κ3) is 3.51. The van der Waals surface area contributed by atoms with Gasteiger partial charge < -0.3 is 4.90 Å². The summed E-state index contributed by atoms with van der Waals surface area (Å²) >= 11 is 0.